The van der Waals surface area contributed by atoms with Crippen LogP contribution in [0.15, 0.2) is 24.3 Å². The molecule has 36 heavy (non-hydrogen) atoms. The second kappa shape index (κ2) is 12.2. The minimum absolute atomic E-state index is 0.186. The number of aliphatic hydroxyl groups is 6. The van der Waals surface area contributed by atoms with E-state index in [4.69, 9.17) is 18.9 Å². The summed E-state index contributed by atoms with van der Waals surface area (Å²) in [5, 5.41) is 63.6. The molecule has 14 heteroatoms. The molecule has 3 rings (SSSR count). The van der Waals surface area contributed by atoms with Crippen molar-refractivity contribution in [3.63, 3.8) is 0 Å². The number of ether oxygens (including phenoxy) is 5. The van der Waals surface area contributed by atoms with Crippen molar-refractivity contribution in [1.29, 1.82) is 0 Å². The first-order valence-corrected chi connectivity index (χ1v) is 11.1. The van der Waals surface area contributed by atoms with Gasteiger partial charge in [-0.05, 0) is 24.3 Å². The molecule has 0 radical (unpaired) electrons. The number of amides is 1. The highest BCUT2D eigenvalue weighted by Crippen LogP contribution is 2.30. The second-order valence-electron chi connectivity index (χ2n) is 8.39. The standard InChI is InChI=1S/C22H31NO13/c1-9(25)23-7-12-19(36-22-17(29)15(27)14(26)13(8-24)35-22)16(28)18(30)21(34-12)33-11-5-3-10(4-6-11)20(31)32-2/h3-6,12-19,21-22,24,26-30H,7-8H2,1-2H3,(H,23,25)/t12-,13-,14+,15+,16-,17-,18-,19-,21-,22+/m1/s1. The topological polar surface area (TPSA) is 214 Å². The van der Waals surface area contributed by atoms with E-state index in [1.807, 2.05) is 0 Å². The summed E-state index contributed by atoms with van der Waals surface area (Å²) < 4.78 is 27.0. The molecule has 2 saturated heterocycles. The van der Waals surface area contributed by atoms with Crippen molar-refractivity contribution in [2.24, 2.45) is 0 Å². The zero-order valence-corrected chi connectivity index (χ0v) is 19.5. The van der Waals surface area contributed by atoms with Gasteiger partial charge in [0.15, 0.2) is 6.29 Å². The van der Waals surface area contributed by atoms with Gasteiger partial charge in [0.05, 0.1) is 19.3 Å². The molecule has 2 fully saturated rings. The number of hydrogen-bond donors (Lipinski definition) is 7. The van der Waals surface area contributed by atoms with Crippen molar-refractivity contribution in [3.8, 4) is 5.75 Å². The molecule has 1 aromatic rings. The summed E-state index contributed by atoms with van der Waals surface area (Å²) >= 11 is 0. The third kappa shape index (κ3) is 6.29. The smallest absolute Gasteiger partial charge is 0.337 e. The number of methoxy groups -OCH3 is 1. The van der Waals surface area contributed by atoms with E-state index in [1.54, 1.807) is 0 Å². The fourth-order valence-electron chi connectivity index (χ4n) is 3.84. The van der Waals surface area contributed by atoms with Crippen LogP contribution in [0.2, 0.25) is 0 Å². The zero-order chi connectivity index (χ0) is 26.6. The van der Waals surface area contributed by atoms with Crippen LogP contribution in [0, 0.1) is 0 Å². The van der Waals surface area contributed by atoms with Crippen molar-refractivity contribution in [3.05, 3.63) is 29.8 Å². The predicted octanol–water partition coefficient (Wildman–Crippen LogP) is -3.38. The molecule has 10 atom stereocenters. The fourth-order valence-corrected chi connectivity index (χ4v) is 3.84. The van der Waals surface area contributed by atoms with Gasteiger partial charge in [0.1, 0.15) is 54.6 Å². The summed E-state index contributed by atoms with van der Waals surface area (Å²) in [6.07, 6.45) is -15.4. The summed E-state index contributed by atoms with van der Waals surface area (Å²) in [5.74, 6) is -0.804. The Labute approximate surface area is 205 Å². The third-order valence-corrected chi connectivity index (χ3v) is 5.86. The molecule has 2 heterocycles. The maximum absolute atomic E-state index is 11.6. The SMILES string of the molecule is COC(=O)c1ccc(O[C@@H]2O[C@H](CNC(C)=O)[C@@H](O[C@@H]3O[C@H](CO)[C@H](O)[C@H](O)[C@H]3O)[C@H](O)[C@H]2O)cc1. The van der Waals surface area contributed by atoms with E-state index in [-0.39, 0.29) is 17.9 Å². The molecule has 1 aromatic carbocycles. The monoisotopic (exact) mass is 517 g/mol. The van der Waals surface area contributed by atoms with Crippen molar-refractivity contribution in [1.82, 2.24) is 5.32 Å². The van der Waals surface area contributed by atoms with Crippen molar-refractivity contribution >= 4 is 11.9 Å². The Bertz CT molecular complexity index is 881. The normalized spacial score (nSPS) is 36.7. The van der Waals surface area contributed by atoms with Gasteiger partial charge >= 0.3 is 5.97 Å². The van der Waals surface area contributed by atoms with Gasteiger partial charge in [-0.2, -0.15) is 0 Å². The van der Waals surface area contributed by atoms with Crippen molar-refractivity contribution < 1.29 is 63.9 Å². The molecule has 14 nitrogen and oxygen atoms in total. The molecule has 0 saturated carbocycles. The molecule has 0 bridgehead atoms. The largest absolute Gasteiger partial charge is 0.465 e. The van der Waals surface area contributed by atoms with Crippen LogP contribution < -0.4 is 10.1 Å². The van der Waals surface area contributed by atoms with E-state index in [0.29, 0.717) is 0 Å². The van der Waals surface area contributed by atoms with Gasteiger partial charge in [-0.1, -0.05) is 0 Å². The van der Waals surface area contributed by atoms with Crippen LogP contribution in [0.25, 0.3) is 0 Å². The lowest BCUT2D eigenvalue weighted by Crippen LogP contribution is -2.65. The third-order valence-electron chi connectivity index (χ3n) is 5.86. The number of carbonyl (C=O) groups is 2. The van der Waals surface area contributed by atoms with Crippen molar-refractivity contribution in [2.75, 3.05) is 20.3 Å². The highest BCUT2D eigenvalue weighted by molar-refractivity contribution is 5.89. The summed E-state index contributed by atoms with van der Waals surface area (Å²) in [5.41, 5.74) is 0.256. The van der Waals surface area contributed by atoms with Gasteiger partial charge in [-0.15, -0.1) is 0 Å². The van der Waals surface area contributed by atoms with Crippen LogP contribution in [0.4, 0.5) is 0 Å². The van der Waals surface area contributed by atoms with Crippen LogP contribution in [0.1, 0.15) is 17.3 Å². The number of hydrogen-bond acceptors (Lipinski definition) is 13. The average molecular weight is 517 g/mol. The lowest BCUT2D eigenvalue weighted by molar-refractivity contribution is -0.349. The summed E-state index contributed by atoms with van der Waals surface area (Å²) in [6, 6.07) is 5.70. The van der Waals surface area contributed by atoms with Gasteiger partial charge < -0.3 is 59.6 Å². The molecular weight excluding hydrogens is 486 g/mol. The Hall–Kier alpha value is -2.40. The molecule has 0 aliphatic carbocycles. The molecule has 202 valence electrons. The highest BCUT2D eigenvalue weighted by atomic mass is 16.7. The first kappa shape index (κ1) is 28.2. The molecule has 1 amide bonds. The number of rotatable bonds is 8. The average Bonchev–Trinajstić information content (AvgIpc) is 2.87. The van der Waals surface area contributed by atoms with E-state index in [2.05, 4.69) is 10.1 Å². The minimum Gasteiger partial charge on any atom is -0.465 e. The predicted molar refractivity (Wildman–Crippen MR) is 116 cm³/mol. The Morgan fingerprint density at radius 1 is 0.889 bits per heavy atom. The van der Waals surface area contributed by atoms with E-state index < -0.39 is 79.9 Å². The Morgan fingerprint density at radius 2 is 1.50 bits per heavy atom. The fraction of sp³-hybridized carbons (Fsp3) is 0.636. The summed E-state index contributed by atoms with van der Waals surface area (Å²) in [4.78, 5) is 23.1. The highest BCUT2D eigenvalue weighted by Gasteiger charge is 2.51. The maximum atomic E-state index is 11.6. The maximum Gasteiger partial charge on any atom is 0.337 e. The van der Waals surface area contributed by atoms with Crippen LogP contribution in [0.3, 0.4) is 0 Å². The Morgan fingerprint density at radius 3 is 2.08 bits per heavy atom. The molecule has 2 aliphatic heterocycles. The summed E-state index contributed by atoms with van der Waals surface area (Å²) in [7, 11) is 1.23. The number of esters is 1. The number of nitrogens with one attached hydrogen (secondary N) is 1. The second-order valence-corrected chi connectivity index (χ2v) is 8.39. The quantitative estimate of drug-likeness (QED) is 0.168. The Balaban J connectivity index is 1.76. The first-order chi connectivity index (χ1) is 17.1. The van der Waals surface area contributed by atoms with E-state index >= 15 is 0 Å². The summed E-state index contributed by atoms with van der Waals surface area (Å²) in [6.45, 7) is 0.345. The number of aliphatic hydroxyl groups excluding tert-OH is 6. The minimum atomic E-state index is -1.77. The van der Waals surface area contributed by atoms with Gasteiger partial charge in [0, 0.05) is 13.5 Å². The van der Waals surface area contributed by atoms with Gasteiger partial charge in [-0.25, -0.2) is 4.79 Å². The van der Waals surface area contributed by atoms with Crippen LogP contribution in [-0.4, -0.2) is 124 Å². The van der Waals surface area contributed by atoms with Crippen LogP contribution >= 0.6 is 0 Å². The molecule has 0 aromatic heterocycles. The molecular formula is C22H31NO13. The number of benzene rings is 1. The number of carbonyl (C=O) groups excluding carboxylic acids is 2. The van der Waals surface area contributed by atoms with E-state index in [1.165, 1.54) is 38.3 Å². The zero-order valence-electron chi connectivity index (χ0n) is 19.5. The van der Waals surface area contributed by atoms with Crippen molar-refractivity contribution in [2.45, 2.75) is 68.3 Å². The van der Waals surface area contributed by atoms with Crippen LogP contribution in [0.5, 0.6) is 5.75 Å². The van der Waals surface area contributed by atoms with Gasteiger partial charge in [0.25, 0.3) is 0 Å². The molecule has 0 unspecified atom stereocenters. The van der Waals surface area contributed by atoms with Gasteiger partial charge in [-0.3, -0.25) is 4.79 Å². The lowest BCUT2D eigenvalue weighted by Gasteiger charge is -2.46. The van der Waals surface area contributed by atoms with E-state index in [0.717, 1.165) is 0 Å². The molecule has 2 aliphatic rings. The first-order valence-electron chi connectivity index (χ1n) is 11.1. The molecule has 7 N–H and O–H groups in total. The van der Waals surface area contributed by atoms with Crippen LogP contribution in [-0.2, 0) is 23.7 Å². The van der Waals surface area contributed by atoms with E-state index in [9.17, 15) is 40.2 Å². The Kier molecular flexibility index (Phi) is 9.57. The lowest BCUT2D eigenvalue weighted by atomic mass is 9.96. The molecule has 0 spiro atoms. The van der Waals surface area contributed by atoms with Gasteiger partial charge in [0.2, 0.25) is 12.2 Å².